The Morgan fingerprint density at radius 1 is 1.42 bits per heavy atom. The van der Waals surface area contributed by atoms with Gasteiger partial charge in [0, 0.05) is 0 Å². The molecule has 4 nitrogen and oxygen atoms in total. The second kappa shape index (κ2) is 7.17. The van der Waals surface area contributed by atoms with Crippen LogP contribution in [0.2, 0.25) is 5.02 Å². The summed E-state index contributed by atoms with van der Waals surface area (Å²) in [5, 5.41) is 8.93. The van der Waals surface area contributed by atoms with E-state index in [4.69, 9.17) is 16.7 Å². The van der Waals surface area contributed by atoms with Crippen molar-refractivity contribution in [2.75, 3.05) is 17.3 Å². The molecule has 1 N–H and O–H groups in total. The van der Waals surface area contributed by atoms with Crippen LogP contribution < -0.4 is 0 Å². The van der Waals surface area contributed by atoms with Crippen LogP contribution in [0, 0.1) is 0 Å². The fraction of sp³-hybridized carbons (Fsp3) is 0.417. The number of thioether (sulfide) groups is 1. The molecule has 7 heteroatoms. The number of carbonyl (C=O) groups is 1. The van der Waals surface area contributed by atoms with Gasteiger partial charge in [0.05, 0.1) is 21.2 Å². The Kier molecular flexibility index (Phi) is 6.16. The summed E-state index contributed by atoms with van der Waals surface area (Å²) in [5.74, 6) is 0.499. The smallest absolute Gasteiger partial charge is 0.335 e. The van der Waals surface area contributed by atoms with Crippen LogP contribution in [0.5, 0.6) is 0 Å². The van der Waals surface area contributed by atoms with Crippen molar-refractivity contribution in [1.29, 1.82) is 0 Å². The zero-order chi connectivity index (χ0) is 14.5. The Morgan fingerprint density at radius 2 is 2.11 bits per heavy atom. The molecule has 0 amide bonds. The second-order valence-electron chi connectivity index (χ2n) is 3.82. The van der Waals surface area contributed by atoms with E-state index >= 15 is 0 Å². The molecule has 0 atom stereocenters. The highest BCUT2D eigenvalue weighted by Crippen LogP contribution is 2.24. The van der Waals surface area contributed by atoms with Gasteiger partial charge in [0.25, 0.3) is 0 Å². The summed E-state index contributed by atoms with van der Waals surface area (Å²) in [5.41, 5.74) is -0.0779. The maximum Gasteiger partial charge on any atom is 0.335 e. The maximum absolute atomic E-state index is 12.1. The number of benzene rings is 1. The summed E-state index contributed by atoms with van der Waals surface area (Å²) in [7, 11) is -3.54. The number of hydrogen-bond acceptors (Lipinski definition) is 4. The van der Waals surface area contributed by atoms with Crippen molar-refractivity contribution in [1.82, 2.24) is 0 Å². The van der Waals surface area contributed by atoms with Gasteiger partial charge < -0.3 is 5.11 Å². The monoisotopic (exact) mass is 322 g/mol. The second-order valence-corrected chi connectivity index (χ2v) is 7.70. The maximum atomic E-state index is 12.1. The number of rotatable bonds is 7. The van der Waals surface area contributed by atoms with Gasteiger partial charge in [0.15, 0.2) is 9.84 Å². The molecule has 0 fully saturated rings. The van der Waals surface area contributed by atoms with Crippen LogP contribution >= 0.6 is 23.4 Å². The first-order valence-electron chi connectivity index (χ1n) is 5.72. The molecule has 19 heavy (non-hydrogen) atoms. The first-order chi connectivity index (χ1) is 8.88. The van der Waals surface area contributed by atoms with Crippen LogP contribution in [0.15, 0.2) is 23.1 Å². The van der Waals surface area contributed by atoms with E-state index in [1.165, 1.54) is 12.1 Å². The minimum Gasteiger partial charge on any atom is -0.478 e. The molecule has 1 rings (SSSR count). The molecule has 0 unspecified atom stereocenters. The molecule has 0 aliphatic carbocycles. The first kappa shape index (κ1) is 16.3. The Bertz CT molecular complexity index is 555. The van der Waals surface area contributed by atoms with Crippen molar-refractivity contribution in [3.05, 3.63) is 28.8 Å². The van der Waals surface area contributed by atoms with Crippen molar-refractivity contribution < 1.29 is 18.3 Å². The Morgan fingerprint density at radius 3 is 2.68 bits per heavy atom. The number of carboxylic acid groups (broad SMARTS) is 1. The fourth-order valence-corrected chi connectivity index (χ4v) is 4.19. The summed E-state index contributed by atoms with van der Waals surface area (Å²) in [6.45, 7) is 2.01. The molecule has 0 aromatic heterocycles. The molecule has 0 saturated carbocycles. The van der Waals surface area contributed by atoms with E-state index in [9.17, 15) is 13.2 Å². The van der Waals surface area contributed by atoms with E-state index in [-0.39, 0.29) is 21.2 Å². The summed E-state index contributed by atoms with van der Waals surface area (Å²) < 4.78 is 24.2. The molecule has 1 aromatic carbocycles. The van der Waals surface area contributed by atoms with Crippen LogP contribution in [-0.2, 0) is 9.84 Å². The molecular weight excluding hydrogens is 308 g/mol. The Balaban J connectivity index is 2.94. The molecule has 0 heterocycles. The zero-order valence-corrected chi connectivity index (χ0v) is 12.8. The van der Waals surface area contributed by atoms with Crippen LogP contribution in [0.25, 0.3) is 0 Å². The lowest BCUT2D eigenvalue weighted by Gasteiger charge is -2.07. The number of aromatic carboxylic acids is 1. The third-order valence-corrected chi connectivity index (χ3v) is 5.68. The minimum atomic E-state index is -3.54. The lowest BCUT2D eigenvalue weighted by atomic mass is 10.2. The van der Waals surface area contributed by atoms with Gasteiger partial charge in [-0.25, -0.2) is 13.2 Å². The van der Waals surface area contributed by atoms with E-state index in [1.54, 1.807) is 11.8 Å². The van der Waals surface area contributed by atoms with E-state index in [2.05, 4.69) is 0 Å². The number of hydrogen-bond donors (Lipinski definition) is 1. The van der Waals surface area contributed by atoms with Gasteiger partial charge in [-0.1, -0.05) is 18.5 Å². The number of carboxylic acids is 1. The molecule has 0 aliphatic heterocycles. The van der Waals surface area contributed by atoms with Crippen molar-refractivity contribution in [3.63, 3.8) is 0 Å². The van der Waals surface area contributed by atoms with Crippen molar-refractivity contribution >= 4 is 39.2 Å². The van der Waals surface area contributed by atoms with Gasteiger partial charge in [0.2, 0.25) is 0 Å². The summed E-state index contributed by atoms with van der Waals surface area (Å²) in [6, 6.07) is 3.71. The molecule has 106 valence electrons. The van der Waals surface area contributed by atoms with E-state index in [0.29, 0.717) is 6.42 Å². The Hall–Kier alpha value is -0.720. The van der Waals surface area contributed by atoms with E-state index in [0.717, 1.165) is 17.6 Å². The fourth-order valence-electron chi connectivity index (χ4n) is 1.48. The molecule has 1 aromatic rings. The van der Waals surface area contributed by atoms with Gasteiger partial charge >= 0.3 is 5.97 Å². The third-order valence-electron chi connectivity index (χ3n) is 2.42. The van der Waals surface area contributed by atoms with Gasteiger partial charge in [-0.3, -0.25) is 0 Å². The predicted octanol–water partition coefficient (Wildman–Crippen LogP) is 2.96. The van der Waals surface area contributed by atoms with Crippen molar-refractivity contribution in [3.8, 4) is 0 Å². The predicted molar refractivity (Wildman–Crippen MR) is 78.1 cm³/mol. The average molecular weight is 323 g/mol. The van der Waals surface area contributed by atoms with Crippen LogP contribution in [0.4, 0.5) is 0 Å². The lowest BCUT2D eigenvalue weighted by Crippen LogP contribution is -2.10. The van der Waals surface area contributed by atoms with E-state index in [1.807, 2.05) is 6.92 Å². The minimum absolute atomic E-state index is 0.0250. The highest BCUT2D eigenvalue weighted by molar-refractivity contribution is 7.99. The summed E-state index contributed by atoms with van der Waals surface area (Å²) in [4.78, 5) is 10.7. The molecule has 0 saturated heterocycles. The van der Waals surface area contributed by atoms with Crippen LogP contribution in [0.3, 0.4) is 0 Å². The number of sulfone groups is 1. The standard InChI is InChI=1S/C12H15ClO4S2/c1-2-18-6-3-7-19(16,17)11-8-9(12(14)15)4-5-10(11)13/h4-5,8H,2-3,6-7H2,1H3,(H,14,15). The zero-order valence-electron chi connectivity index (χ0n) is 10.4. The molecule has 0 aliphatic rings. The Labute approximate surface area is 122 Å². The van der Waals surface area contributed by atoms with E-state index < -0.39 is 15.8 Å². The quantitative estimate of drug-likeness (QED) is 0.781. The molecule has 0 radical (unpaired) electrons. The van der Waals surface area contributed by atoms with Crippen LogP contribution in [0.1, 0.15) is 23.7 Å². The van der Waals surface area contributed by atoms with Gasteiger partial charge in [-0.2, -0.15) is 11.8 Å². The highest BCUT2D eigenvalue weighted by atomic mass is 35.5. The SMILES string of the molecule is CCSCCCS(=O)(=O)c1cc(C(=O)O)ccc1Cl. The highest BCUT2D eigenvalue weighted by Gasteiger charge is 2.19. The lowest BCUT2D eigenvalue weighted by molar-refractivity contribution is 0.0696. The normalized spacial score (nSPS) is 11.5. The molecule has 0 bridgehead atoms. The van der Waals surface area contributed by atoms with Gasteiger partial charge in [-0.15, -0.1) is 0 Å². The van der Waals surface area contributed by atoms with Gasteiger partial charge in [-0.05, 0) is 36.1 Å². The third kappa shape index (κ3) is 4.71. The summed E-state index contributed by atoms with van der Waals surface area (Å²) >= 11 is 7.51. The topological polar surface area (TPSA) is 71.4 Å². The molecule has 0 spiro atoms. The average Bonchev–Trinajstić information content (AvgIpc) is 2.34. The summed E-state index contributed by atoms with van der Waals surface area (Å²) in [6.07, 6.45) is 0.522. The van der Waals surface area contributed by atoms with Crippen molar-refractivity contribution in [2.24, 2.45) is 0 Å². The van der Waals surface area contributed by atoms with Gasteiger partial charge in [0.1, 0.15) is 0 Å². The molecular formula is C12H15ClO4S2. The van der Waals surface area contributed by atoms with Crippen molar-refractivity contribution in [2.45, 2.75) is 18.2 Å². The first-order valence-corrected chi connectivity index (χ1v) is 8.90. The van der Waals surface area contributed by atoms with Crippen LogP contribution in [-0.4, -0.2) is 36.8 Å². The largest absolute Gasteiger partial charge is 0.478 e. The number of halogens is 1.